The van der Waals surface area contributed by atoms with E-state index in [0.29, 0.717) is 24.6 Å². The van der Waals surface area contributed by atoms with Gasteiger partial charge in [0.05, 0.1) is 6.61 Å². The van der Waals surface area contributed by atoms with Crippen LogP contribution in [0.5, 0.6) is 5.75 Å². The molecule has 100 valence electrons. The monoisotopic (exact) mass is 261 g/mol. The summed E-state index contributed by atoms with van der Waals surface area (Å²) >= 11 is 0. The molecular weight excluding hydrogens is 246 g/mol. The van der Waals surface area contributed by atoms with Gasteiger partial charge in [0.25, 0.3) is 5.91 Å². The summed E-state index contributed by atoms with van der Waals surface area (Å²) in [5.74, 6) is 0.424. The lowest BCUT2D eigenvalue weighted by atomic mass is 10.2. The number of nitriles is 1. The Morgan fingerprint density at radius 1 is 1.53 bits per heavy atom. The third-order valence-corrected chi connectivity index (χ3v) is 2.65. The van der Waals surface area contributed by atoms with Crippen LogP contribution in [0.15, 0.2) is 24.3 Å². The van der Waals surface area contributed by atoms with Crippen LogP contribution in [0, 0.1) is 11.3 Å². The first-order chi connectivity index (χ1) is 9.29. The summed E-state index contributed by atoms with van der Waals surface area (Å²) in [6, 6.07) is 8.74. The summed E-state index contributed by atoms with van der Waals surface area (Å²) in [6.45, 7) is 1.84. The molecule has 0 spiro atoms. The molecule has 1 aromatic carbocycles. The Labute approximate surface area is 111 Å². The van der Waals surface area contributed by atoms with Crippen molar-refractivity contribution >= 4 is 11.6 Å². The van der Waals surface area contributed by atoms with Crippen molar-refractivity contribution in [1.29, 1.82) is 5.26 Å². The number of hydrogen-bond donors (Lipinski definition) is 2. The van der Waals surface area contributed by atoms with Gasteiger partial charge in [-0.05, 0) is 24.3 Å². The quantitative estimate of drug-likeness (QED) is 0.825. The first-order valence-electron chi connectivity index (χ1n) is 6.02. The van der Waals surface area contributed by atoms with E-state index in [2.05, 4.69) is 10.6 Å². The highest BCUT2D eigenvalue weighted by atomic mass is 16.5. The molecule has 0 aliphatic carbocycles. The van der Waals surface area contributed by atoms with Crippen LogP contribution in [0.2, 0.25) is 0 Å². The number of nitrogens with zero attached hydrogens (tertiary/aromatic N) is 1. The third kappa shape index (κ3) is 3.95. The van der Waals surface area contributed by atoms with Crippen LogP contribution in [0.1, 0.15) is 0 Å². The minimum Gasteiger partial charge on any atom is -0.479 e. The molecule has 1 fully saturated rings. The standard InChI is InChI=1S/C13H15N3O3/c14-5-7-18-11-3-1-10(2-4-11)16-13(17)12-9-15-6-8-19-12/h1-4,12,15H,6-9H2,(H,16,17). The molecule has 2 N–H and O–H groups in total. The van der Waals surface area contributed by atoms with E-state index in [1.165, 1.54) is 0 Å². The second kappa shape index (κ2) is 6.73. The summed E-state index contributed by atoms with van der Waals surface area (Å²) in [5, 5.41) is 14.3. The van der Waals surface area contributed by atoms with E-state index >= 15 is 0 Å². The molecular formula is C13H15N3O3. The number of rotatable bonds is 4. The van der Waals surface area contributed by atoms with Crippen LogP contribution in [0.4, 0.5) is 5.69 Å². The fourth-order valence-electron chi connectivity index (χ4n) is 1.71. The number of morpholine rings is 1. The van der Waals surface area contributed by atoms with Crippen LogP contribution in [-0.4, -0.2) is 38.3 Å². The van der Waals surface area contributed by atoms with Crippen molar-refractivity contribution in [3.8, 4) is 11.8 Å². The highest BCUT2D eigenvalue weighted by Crippen LogP contribution is 2.16. The van der Waals surface area contributed by atoms with E-state index in [1.54, 1.807) is 24.3 Å². The van der Waals surface area contributed by atoms with Gasteiger partial charge in [0.15, 0.2) is 6.61 Å². The summed E-state index contributed by atoms with van der Waals surface area (Å²) in [5.41, 5.74) is 0.670. The zero-order valence-electron chi connectivity index (χ0n) is 10.4. The van der Waals surface area contributed by atoms with E-state index in [9.17, 15) is 4.79 Å². The maximum absolute atomic E-state index is 11.9. The zero-order valence-corrected chi connectivity index (χ0v) is 10.4. The van der Waals surface area contributed by atoms with Gasteiger partial charge >= 0.3 is 0 Å². The lowest BCUT2D eigenvalue weighted by Crippen LogP contribution is -2.45. The average Bonchev–Trinajstić information content (AvgIpc) is 2.47. The second-order valence-corrected chi connectivity index (χ2v) is 4.02. The molecule has 1 saturated heterocycles. The SMILES string of the molecule is N#CCOc1ccc(NC(=O)C2CNCCO2)cc1. The van der Waals surface area contributed by atoms with Gasteiger partial charge in [0.1, 0.15) is 17.9 Å². The normalized spacial score (nSPS) is 18.4. The number of carbonyl (C=O) groups is 1. The van der Waals surface area contributed by atoms with Crippen molar-refractivity contribution in [2.75, 3.05) is 31.6 Å². The second-order valence-electron chi connectivity index (χ2n) is 4.02. The largest absolute Gasteiger partial charge is 0.479 e. The molecule has 0 radical (unpaired) electrons. The predicted octanol–water partition coefficient (Wildman–Crippen LogP) is 0.516. The van der Waals surface area contributed by atoms with E-state index in [-0.39, 0.29) is 12.5 Å². The van der Waals surface area contributed by atoms with Crippen molar-refractivity contribution in [2.24, 2.45) is 0 Å². The lowest BCUT2D eigenvalue weighted by Gasteiger charge is -2.22. The molecule has 1 unspecified atom stereocenters. The van der Waals surface area contributed by atoms with Crippen molar-refractivity contribution < 1.29 is 14.3 Å². The fraction of sp³-hybridized carbons (Fsp3) is 0.385. The van der Waals surface area contributed by atoms with Crippen LogP contribution in [0.25, 0.3) is 0 Å². The van der Waals surface area contributed by atoms with E-state index in [0.717, 1.165) is 6.54 Å². The molecule has 6 nitrogen and oxygen atoms in total. The molecule has 19 heavy (non-hydrogen) atoms. The number of ether oxygens (including phenoxy) is 2. The summed E-state index contributed by atoms with van der Waals surface area (Å²) in [7, 11) is 0. The molecule has 1 atom stereocenters. The summed E-state index contributed by atoms with van der Waals surface area (Å²) in [4.78, 5) is 11.9. The lowest BCUT2D eigenvalue weighted by molar-refractivity contribution is -0.128. The van der Waals surface area contributed by atoms with Gasteiger partial charge in [-0.15, -0.1) is 0 Å². The maximum Gasteiger partial charge on any atom is 0.254 e. The number of hydrogen-bond acceptors (Lipinski definition) is 5. The van der Waals surface area contributed by atoms with Crippen molar-refractivity contribution in [2.45, 2.75) is 6.10 Å². The predicted molar refractivity (Wildman–Crippen MR) is 68.8 cm³/mol. The molecule has 0 saturated carbocycles. The summed E-state index contributed by atoms with van der Waals surface area (Å²) in [6.07, 6.45) is -0.455. The van der Waals surface area contributed by atoms with Gasteiger partial charge in [-0.3, -0.25) is 4.79 Å². The molecule has 0 bridgehead atoms. The molecule has 6 heteroatoms. The average molecular weight is 261 g/mol. The molecule has 1 aromatic rings. The van der Waals surface area contributed by atoms with Gasteiger partial charge < -0.3 is 20.1 Å². The molecule has 1 heterocycles. The molecule has 1 amide bonds. The van der Waals surface area contributed by atoms with Crippen LogP contribution < -0.4 is 15.4 Å². The molecule has 0 aromatic heterocycles. The van der Waals surface area contributed by atoms with Gasteiger partial charge in [-0.25, -0.2) is 0 Å². The highest BCUT2D eigenvalue weighted by Gasteiger charge is 2.21. The van der Waals surface area contributed by atoms with Gasteiger partial charge in [-0.2, -0.15) is 5.26 Å². The number of nitrogens with one attached hydrogen (secondary N) is 2. The fourth-order valence-corrected chi connectivity index (χ4v) is 1.71. The Bertz CT molecular complexity index is 461. The van der Waals surface area contributed by atoms with Crippen molar-refractivity contribution in [1.82, 2.24) is 5.32 Å². The Hall–Kier alpha value is -2.10. The first kappa shape index (κ1) is 13.3. The Morgan fingerprint density at radius 2 is 2.32 bits per heavy atom. The Kier molecular flexibility index (Phi) is 4.72. The minimum atomic E-state index is -0.455. The van der Waals surface area contributed by atoms with Crippen molar-refractivity contribution in [3.05, 3.63) is 24.3 Å². The number of amides is 1. The van der Waals surface area contributed by atoms with Crippen LogP contribution >= 0.6 is 0 Å². The smallest absolute Gasteiger partial charge is 0.254 e. The number of benzene rings is 1. The van der Waals surface area contributed by atoms with E-state index in [4.69, 9.17) is 14.7 Å². The van der Waals surface area contributed by atoms with Crippen LogP contribution in [0.3, 0.4) is 0 Å². The molecule has 1 aliphatic heterocycles. The van der Waals surface area contributed by atoms with E-state index < -0.39 is 6.10 Å². The zero-order chi connectivity index (χ0) is 13.5. The topological polar surface area (TPSA) is 83.4 Å². The third-order valence-electron chi connectivity index (χ3n) is 2.65. The number of carbonyl (C=O) groups excluding carboxylic acids is 1. The number of anilines is 1. The molecule has 2 rings (SSSR count). The minimum absolute atomic E-state index is 0.00723. The first-order valence-corrected chi connectivity index (χ1v) is 6.02. The van der Waals surface area contributed by atoms with Gasteiger partial charge in [0, 0.05) is 18.8 Å². The van der Waals surface area contributed by atoms with Crippen molar-refractivity contribution in [3.63, 3.8) is 0 Å². The summed E-state index contributed by atoms with van der Waals surface area (Å²) < 4.78 is 10.5. The Morgan fingerprint density at radius 3 is 2.95 bits per heavy atom. The highest BCUT2D eigenvalue weighted by molar-refractivity contribution is 5.94. The van der Waals surface area contributed by atoms with Crippen LogP contribution in [-0.2, 0) is 9.53 Å². The molecule has 1 aliphatic rings. The Balaban J connectivity index is 1.88. The van der Waals surface area contributed by atoms with E-state index in [1.807, 2.05) is 6.07 Å². The van der Waals surface area contributed by atoms with Gasteiger partial charge in [-0.1, -0.05) is 0 Å². The maximum atomic E-state index is 11.9. The van der Waals surface area contributed by atoms with Gasteiger partial charge in [0.2, 0.25) is 0 Å².